The minimum atomic E-state index is -1.77. The van der Waals surface area contributed by atoms with Crippen LogP contribution < -0.4 is 0 Å². The molecule has 0 amide bonds. The third-order valence-electron chi connectivity index (χ3n) is 15.7. The predicted octanol–water partition coefficient (Wildman–Crippen LogP) is 0.733. The summed E-state index contributed by atoms with van der Waals surface area (Å²) in [6.07, 6.45) is -6.87. The van der Waals surface area contributed by atoms with Crippen LogP contribution in [0.1, 0.15) is 92.4 Å². The number of aliphatic hydroxyl groups is 9. The van der Waals surface area contributed by atoms with E-state index in [9.17, 15) is 46.0 Å². The number of fused-ring (bicyclic) bond motifs is 7. The highest BCUT2D eigenvalue weighted by Gasteiger charge is 2.64. The lowest BCUT2D eigenvalue weighted by molar-refractivity contribution is -0.376. The quantitative estimate of drug-likeness (QED) is 0.136. The summed E-state index contributed by atoms with van der Waals surface area (Å²) in [7, 11) is 0. The molecule has 13 nitrogen and oxygen atoms in total. The Labute approximate surface area is 306 Å². The molecule has 298 valence electrons. The second-order valence-electron chi connectivity index (χ2n) is 19.1. The van der Waals surface area contributed by atoms with Gasteiger partial charge in [0.15, 0.2) is 12.6 Å². The molecule has 2 saturated heterocycles. The number of aliphatic hydroxyl groups excluding tert-OH is 9. The summed E-state index contributed by atoms with van der Waals surface area (Å²) in [5.41, 5.74) is 1.42. The van der Waals surface area contributed by atoms with Gasteiger partial charge in [-0.25, -0.2) is 0 Å². The average Bonchev–Trinajstić information content (AvgIpc) is 3.09. The lowest BCUT2D eigenvalue weighted by atomic mass is 9.39. The van der Waals surface area contributed by atoms with Crippen molar-refractivity contribution in [1.29, 1.82) is 0 Å². The third kappa shape index (κ3) is 6.17. The van der Waals surface area contributed by atoms with Gasteiger partial charge in [-0.1, -0.05) is 46.3 Å². The van der Waals surface area contributed by atoms with Crippen molar-refractivity contribution in [2.24, 2.45) is 45.3 Å². The van der Waals surface area contributed by atoms with Crippen molar-refractivity contribution in [3.8, 4) is 0 Å². The van der Waals surface area contributed by atoms with Crippen molar-refractivity contribution in [1.82, 2.24) is 0 Å². The first-order valence-corrected chi connectivity index (χ1v) is 19.7. The summed E-state index contributed by atoms with van der Waals surface area (Å²) in [6.45, 7) is 10.4. The van der Waals surface area contributed by atoms with Gasteiger partial charge in [0.1, 0.15) is 48.8 Å². The Morgan fingerprint density at radius 3 is 1.92 bits per heavy atom. The fourth-order valence-corrected chi connectivity index (χ4v) is 12.5. The van der Waals surface area contributed by atoms with Crippen LogP contribution in [-0.2, 0) is 18.9 Å². The normalized spacial score (nSPS) is 56.0. The molecule has 7 unspecified atom stereocenters. The second kappa shape index (κ2) is 14.0. The molecule has 13 heteroatoms. The van der Waals surface area contributed by atoms with Gasteiger partial charge in [0.25, 0.3) is 0 Å². The van der Waals surface area contributed by atoms with Crippen LogP contribution in [-0.4, -0.2) is 139 Å². The van der Waals surface area contributed by atoms with Crippen LogP contribution in [0.5, 0.6) is 0 Å². The Balaban J connectivity index is 1.10. The smallest absolute Gasteiger partial charge is 0.187 e. The van der Waals surface area contributed by atoms with Gasteiger partial charge in [0.2, 0.25) is 0 Å². The molecule has 2 heterocycles. The SMILES string of the molecule is CC1(C)CC2C3=CCC4[C@@](C)(CCC5[C@@H](O)C(OC6O[C@H](CO)[C@@H](O)[C@H](O)[C@H]6OC6O[C@H](CO)[C@@H](O)[C@H](O)[C@H]6O)CC[C@@]54C)C3CC[C@@]2(C)[C@H](O)C1. The first-order valence-electron chi connectivity index (χ1n) is 19.7. The highest BCUT2D eigenvalue weighted by molar-refractivity contribution is 5.29. The molecule has 2 aliphatic heterocycles. The summed E-state index contributed by atoms with van der Waals surface area (Å²) in [6, 6.07) is 0. The van der Waals surface area contributed by atoms with Crippen LogP contribution in [0.15, 0.2) is 11.6 Å². The maximum absolute atomic E-state index is 12.1. The van der Waals surface area contributed by atoms with Crippen LogP contribution in [0.25, 0.3) is 0 Å². The molecule has 9 N–H and O–H groups in total. The Morgan fingerprint density at radius 2 is 1.25 bits per heavy atom. The van der Waals surface area contributed by atoms with Crippen molar-refractivity contribution in [2.45, 2.75) is 172 Å². The zero-order valence-electron chi connectivity index (χ0n) is 31.3. The Kier molecular flexibility index (Phi) is 10.6. The fourth-order valence-electron chi connectivity index (χ4n) is 12.5. The Hall–Kier alpha value is -0.780. The molecule has 0 bridgehead atoms. The van der Waals surface area contributed by atoms with Crippen molar-refractivity contribution in [3.05, 3.63) is 11.6 Å². The van der Waals surface area contributed by atoms with E-state index in [1.54, 1.807) is 5.57 Å². The van der Waals surface area contributed by atoms with Crippen LogP contribution in [0.4, 0.5) is 0 Å². The van der Waals surface area contributed by atoms with Gasteiger partial charge in [0.05, 0.1) is 31.5 Å². The molecule has 20 atom stereocenters. The lowest BCUT2D eigenvalue weighted by Crippen LogP contribution is -2.66. The summed E-state index contributed by atoms with van der Waals surface area (Å²) in [5.74, 6) is 1.07. The molecule has 4 saturated carbocycles. The van der Waals surface area contributed by atoms with Gasteiger partial charge in [0, 0.05) is 5.41 Å². The number of allylic oxidation sites excluding steroid dienone is 2. The first kappa shape index (κ1) is 39.5. The molecule has 0 radical (unpaired) electrons. The van der Waals surface area contributed by atoms with Crippen LogP contribution in [0.2, 0.25) is 0 Å². The van der Waals surface area contributed by atoms with Crippen LogP contribution >= 0.6 is 0 Å². The van der Waals surface area contributed by atoms with E-state index in [1.165, 1.54) is 0 Å². The second-order valence-corrected chi connectivity index (χ2v) is 19.1. The number of hydrogen-bond acceptors (Lipinski definition) is 13. The topological polar surface area (TPSA) is 219 Å². The van der Waals surface area contributed by atoms with E-state index < -0.39 is 86.8 Å². The van der Waals surface area contributed by atoms with Crippen molar-refractivity contribution < 1.29 is 64.9 Å². The number of rotatable bonds is 6. The zero-order chi connectivity index (χ0) is 37.7. The molecule has 0 aromatic carbocycles. The number of ether oxygens (including phenoxy) is 4. The van der Waals surface area contributed by atoms with E-state index in [2.05, 4.69) is 40.7 Å². The summed E-state index contributed by atoms with van der Waals surface area (Å²) < 4.78 is 23.7. The predicted molar refractivity (Wildman–Crippen MR) is 185 cm³/mol. The van der Waals surface area contributed by atoms with E-state index in [4.69, 9.17) is 18.9 Å². The van der Waals surface area contributed by atoms with Crippen LogP contribution in [0.3, 0.4) is 0 Å². The molecule has 0 spiro atoms. The van der Waals surface area contributed by atoms with Gasteiger partial charge in [-0.05, 0) is 97.7 Å². The minimum absolute atomic E-state index is 0.0576. The van der Waals surface area contributed by atoms with Gasteiger partial charge in [-0.2, -0.15) is 0 Å². The van der Waals surface area contributed by atoms with Crippen molar-refractivity contribution in [2.75, 3.05) is 13.2 Å². The van der Waals surface area contributed by atoms with Crippen molar-refractivity contribution in [3.63, 3.8) is 0 Å². The van der Waals surface area contributed by atoms with Gasteiger partial charge < -0.3 is 64.9 Å². The number of hydrogen-bond donors (Lipinski definition) is 9. The molecule has 0 aromatic rings. The fraction of sp³-hybridized carbons (Fsp3) is 0.949. The van der Waals surface area contributed by atoms with Gasteiger partial charge in [-0.15, -0.1) is 0 Å². The molecule has 5 aliphatic carbocycles. The molecular weight excluding hydrogens is 676 g/mol. The Morgan fingerprint density at radius 1 is 0.635 bits per heavy atom. The van der Waals surface area contributed by atoms with Gasteiger partial charge in [-0.3, -0.25) is 0 Å². The average molecular weight is 741 g/mol. The standard InChI is InChI=1S/C39H64O13/c1-36(2)14-21-18-6-7-25-37(3,19(18)8-12-39(21,5)26(42)15-36)11-9-20-27(43)22(10-13-38(20,25)4)49-35-33(31(47)29(45)24(17-41)51-35)52-34-32(48)30(46)28(44)23(16-40)50-34/h6,19-35,40-48H,7-17H2,1-5H3/t19?,20?,21?,22?,23-,24-,25?,26-,27-,28-,29-,30+,31+,32-,33-,34?,35?,37+,38+,39-/m1/s1. The van der Waals surface area contributed by atoms with E-state index in [-0.39, 0.29) is 33.7 Å². The minimum Gasteiger partial charge on any atom is -0.394 e. The van der Waals surface area contributed by atoms with Crippen molar-refractivity contribution >= 4 is 0 Å². The van der Waals surface area contributed by atoms with E-state index >= 15 is 0 Å². The molecular formula is C39H64O13. The van der Waals surface area contributed by atoms with E-state index in [1.807, 2.05) is 0 Å². The summed E-state index contributed by atoms with van der Waals surface area (Å²) >= 11 is 0. The summed E-state index contributed by atoms with van der Waals surface area (Å²) in [5, 5.41) is 96.1. The highest BCUT2D eigenvalue weighted by Crippen LogP contribution is 2.70. The zero-order valence-corrected chi connectivity index (χ0v) is 31.3. The molecule has 6 fully saturated rings. The maximum atomic E-state index is 12.1. The Bertz CT molecular complexity index is 1330. The molecule has 52 heavy (non-hydrogen) atoms. The molecule has 7 rings (SSSR count). The third-order valence-corrected chi connectivity index (χ3v) is 15.7. The molecule has 0 aromatic heterocycles. The summed E-state index contributed by atoms with van der Waals surface area (Å²) in [4.78, 5) is 0. The van der Waals surface area contributed by atoms with E-state index in [0.29, 0.717) is 24.2 Å². The highest BCUT2D eigenvalue weighted by atomic mass is 16.8. The lowest BCUT2D eigenvalue weighted by Gasteiger charge is -2.67. The monoisotopic (exact) mass is 740 g/mol. The largest absolute Gasteiger partial charge is 0.394 e. The molecule has 7 aliphatic rings. The van der Waals surface area contributed by atoms with Gasteiger partial charge >= 0.3 is 0 Å². The van der Waals surface area contributed by atoms with E-state index in [0.717, 1.165) is 51.4 Å². The first-order chi connectivity index (χ1) is 24.4. The maximum Gasteiger partial charge on any atom is 0.187 e. The van der Waals surface area contributed by atoms with Crippen LogP contribution in [0, 0.1) is 45.3 Å².